The lowest BCUT2D eigenvalue weighted by Crippen LogP contribution is -2.36. The fourth-order valence-electron chi connectivity index (χ4n) is 1.70. The Balaban J connectivity index is 2.88. The molecule has 0 unspecified atom stereocenters. The Morgan fingerprint density at radius 1 is 1.39 bits per heavy atom. The lowest BCUT2D eigenvalue weighted by atomic mass is 10.1. The molecule has 0 aliphatic carbocycles. The van der Waals surface area contributed by atoms with Crippen LogP contribution in [0, 0.1) is 6.92 Å². The molecule has 0 amide bonds. The number of carbonyl (C=O) groups excluding carboxylic acids is 1. The maximum Gasteiger partial charge on any atom is 0.339 e. The molecule has 18 heavy (non-hydrogen) atoms. The van der Waals surface area contributed by atoms with Crippen molar-refractivity contribution in [1.82, 2.24) is 4.98 Å². The third kappa shape index (κ3) is 3.70. The van der Waals surface area contributed by atoms with E-state index >= 15 is 0 Å². The minimum atomic E-state index is -0.372. The van der Waals surface area contributed by atoms with E-state index in [2.05, 4.69) is 15.0 Å². The summed E-state index contributed by atoms with van der Waals surface area (Å²) >= 11 is 0. The number of methoxy groups -OCH3 is 2. The van der Waals surface area contributed by atoms with Gasteiger partial charge in [0, 0.05) is 7.11 Å². The number of carbonyl (C=O) groups is 1. The summed E-state index contributed by atoms with van der Waals surface area (Å²) in [5.74, 6) is 0.338. The SMILES string of the molecule is COCC(C)(C)Nc1ccc(C(=O)OC)c(C)n1. The van der Waals surface area contributed by atoms with E-state index < -0.39 is 0 Å². The summed E-state index contributed by atoms with van der Waals surface area (Å²) in [6, 6.07) is 3.47. The highest BCUT2D eigenvalue weighted by atomic mass is 16.5. The van der Waals surface area contributed by atoms with E-state index in [9.17, 15) is 4.79 Å². The van der Waals surface area contributed by atoms with Crippen LogP contribution in [-0.2, 0) is 9.47 Å². The van der Waals surface area contributed by atoms with Crippen molar-refractivity contribution in [2.24, 2.45) is 0 Å². The largest absolute Gasteiger partial charge is 0.465 e. The summed E-state index contributed by atoms with van der Waals surface area (Å²) in [6.45, 7) is 6.37. The number of esters is 1. The van der Waals surface area contributed by atoms with Crippen molar-refractivity contribution in [3.05, 3.63) is 23.4 Å². The number of aryl methyl sites for hydroxylation is 1. The molecule has 0 radical (unpaired) electrons. The molecule has 1 N–H and O–H groups in total. The average Bonchev–Trinajstić information content (AvgIpc) is 2.27. The Morgan fingerprint density at radius 3 is 2.56 bits per heavy atom. The quantitative estimate of drug-likeness (QED) is 0.812. The molecule has 5 nitrogen and oxygen atoms in total. The standard InChI is InChI=1S/C13H20N2O3/c1-9-10(12(16)18-5)6-7-11(14-9)15-13(2,3)8-17-4/h6-7H,8H2,1-5H3,(H,14,15). The molecule has 5 heteroatoms. The van der Waals surface area contributed by atoms with Crippen LogP contribution in [0.5, 0.6) is 0 Å². The summed E-state index contributed by atoms with van der Waals surface area (Å²) in [6.07, 6.45) is 0. The van der Waals surface area contributed by atoms with Gasteiger partial charge in [-0.15, -0.1) is 0 Å². The molecule has 0 spiro atoms. The van der Waals surface area contributed by atoms with E-state index in [1.54, 1.807) is 26.2 Å². The second-order valence-electron chi connectivity index (χ2n) is 4.76. The van der Waals surface area contributed by atoms with Gasteiger partial charge < -0.3 is 14.8 Å². The van der Waals surface area contributed by atoms with Crippen LogP contribution in [0.25, 0.3) is 0 Å². The molecule has 1 aromatic rings. The van der Waals surface area contributed by atoms with Crippen molar-refractivity contribution in [2.45, 2.75) is 26.3 Å². The van der Waals surface area contributed by atoms with Gasteiger partial charge in [-0.3, -0.25) is 0 Å². The van der Waals surface area contributed by atoms with Gasteiger partial charge in [0.2, 0.25) is 0 Å². The molecular formula is C13H20N2O3. The number of ether oxygens (including phenoxy) is 2. The normalized spacial score (nSPS) is 11.2. The van der Waals surface area contributed by atoms with E-state index in [4.69, 9.17) is 4.74 Å². The molecule has 100 valence electrons. The molecule has 0 aliphatic heterocycles. The van der Waals surface area contributed by atoms with E-state index in [1.165, 1.54) is 7.11 Å². The molecule has 0 saturated carbocycles. The van der Waals surface area contributed by atoms with Crippen molar-refractivity contribution >= 4 is 11.8 Å². The van der Waals surface area contributed by atoms with Crippen LogP contribution in [0.1, 0.15) is 29.9 Å². The third-order valence-electron chi connectivity index (χ3n) is 2.46. The van der Waals surface area contributed by atoms with Gasteiger partial charge in [0.25, 0.3) is 0 Å². The molecule has 0 bridgehead atoms. The molecule has 0 aromatic carbocycles. The topological polar surface area (TPSA) is 60.5 Å². The van der Waals surface area contributed by atoms with Gasteiger partial charge in [-0.2, -0.15) is 0 Å². The van der Waals surface area contributed by atoms with Gasteiger partial charge in [-0.1, -0.05) is 0 Å². The lowest BCUT2D eigenvalue weighted by molar-refractivity contribution is 0.0599. The van der Waals surface area contributed by atoms with Crippen LogP contribution in [0.4, 0.5) is 5.82 Å². The predicted molar refractivity (Wildman–Crippen MR) is 69.9 cm³/mol. The molecular weight excluding hydrogens is 232 g/mol. The van der Waals surface area contributed by atoms with Crippen LogP contribution in [-0.4, -0.2) is 37.3 Å². The van der Waals surface area contributed by atoms with Crippen LogP contribution in [0.15, 0.2) is 12.1 Å². The van der Waals surface area contributed by atoms with Gasteiger partial charge in [-0.05, 0) is 32.9 Å². The highest BCUT2D eigenvalue weighted by molar-refractivity contribution is 5.90. The monoisotopic (exact) mass is 252 g/mol. The maximum absolute atomic E-state index is 11.4. The molecule has 1 aromatic heterocycles. The van der Waals surface area contributed by atoms with Gasteiger partial charge in [0.15, 0.2) is 0 Å². The van der Waals surface area contributed by atoms with Gasteiger partial charge in [0.1, 0.15) is 5.82 Å². The van der Waals surface area contributed by atoms with Crippen molar-refractivity contribution in [1.29, 1.82) is 0 Å². The fourth-order valence-corrected chi connectivity index (χ4v) is 1.70. The average molecular weight is 252 g/mol. The number of aromatic nitrogens is 1. The number of pyridine rings is 1. The molecule has 1 heterocycles. The Morgan fingerprint density at radius 2 is 2.06 bits per heavy atom. The molecule has 0 fully saturated rings. The molecule has 0 atom stereocenters. The zero-order valence-electron chi connectivity index (χ0n) is 11.5. The number of hydrogen-bond donors (Lipinski definition) is 1. The maximum atomic E-state index is 11.4. The molecule has 0 aliphatic rings. The Hall–Kier alpha value is -1.62. The zero-order valence-corrected chi connectivity index (χ0v) is 11.5. The number of nitrogens with one attached hydrogen (secondary N) is 1. The minimum absolute atomic E-state index is 0.221. The summed E-state index contributed by atoms with van der Waals surface area (Å²) in [7, 11) is 3.01. The second kappa shape index (κ2) is 5.82. The first kappa shape index (κ1) is 14.4. The first-order valence-corrected chi connectivity index (χ1v) is 5.72. The van der Waals surface area contributed by atoms with E-state index in [0.29, 0.717) is 23.7 Å². The van der Waals surface area contributed by atoms with Crippen LogP contribution < -0.4 is 5.32 Å². The van der Waals surface area contributed by atoms with Crippen molar-refractivity contribution < 1.29 is 14.3 Å². The Bertz CT molecular complexity index is 430. The molecule has 0 saturated heterocycles. The van der Waals surface area contributed by atoms with Crippen molar-refractivity contribution in [2.75, 3.05) is 26.1 Å². The predicted octanol–water partition coefficient (Wildman–Crippen LogP) is 2.01. The lowest BCUT2D eigenvalue weighted by Gasteiger charge is -2.26. The van der Waals surface area contributed by atoms with E-state index in [-0.39, 0.29) is 11.5 Å². The summed E-state index contributed by atoms with van der Waals surface area (Å²) < 4.78 is 9.80. The molecule has 1 rings (SSSR count). The van der Waals surface area contributed by atoms with Crippen LogP contribution in [0.2, 0.25) is 0 Å². The highest BCUT2D eigenvalue weighted by Gasteiger charge is 2.18. The Kier molecular flexibility index (Phi) is 4.67. The summed E-state index contributed by atoms with van der Waals surface area (Å²) in [5.41, 5.74) is 0.897. The third-order valence-corrected chi connectivity index (χ3v) is 2.46. The number of rotatable bonds is 5. The van der Waals surface area contributed by atoms with Crippen LogP contribution in [0.3, 0.4) is 0 Å². The van der Waals surface area contributed by atoms with Crippen molar-refractivity contribution in [3.8, 4) is 0 Å². The highest BCUT2D eigenvalue weighted by Crippen LogP contribution is 2.16. The Labute approximate surface area is 108 Å². The second-order valence-corrected chi connectivity index (χ2v) is 4.76. The van der Waals surface area contributed by atoms with Gasteiger partial charge >= 0.3 is 5.97 Å². The number of nitrogens with zero attached hydrogens (tertiary/aromatic N) is 1. The van der Waals surface area contributed by atoms with Gasteiger partial charge in [-0.25, -0.2) is 9.78 Å². The first-order valence-electron chi connectivity index (χ1n) is 5.72. The number of anilines is 1. The van der Waals surface area contributed by atoms with E-state index in [1.807, 2.05) is 13.8 Å². The summed E-state index contributed by atoms with van der Waals surface area (Å²) in [4.78, 5) is 15.8. The number of hydrogen-bond acceptors (Lipinski definition) is 5. The van der Waals surface area contributed by atoms with Crippen molar-refractivity contribution in [3.63, 3.8) is 0 Å². The van der Waals surface area contributed by atoms with Gasteiger partial charge in [0.05, 0.1) is 30.5 Å². The fraction of sp³-hybridized carbons (Fsp3) is 0.538. The smallest absolute Gasteiger partial charge is 0.339 e. The minimum Gasteiger partial charge on any atom is -0.465 e. The summed E-state index contributed by atoms with van der Waals surface area (Å²) in [5, 5.41) is 3.26. The van der Waals surface area contributed by atoms with E-state index in [0.717, 1.165) is 0 Å². The zero-order chi connectivity index (χ0) is 13.8. The van der Waals surface area contributed by atoms with Crippen LogP contribution >= 0.6 is 0 Å². The first-order chi connectivity index (χ1) is 8.39.